The number of ether oxygens (including phenoxy) is 3. The predicted molar refractivity (Wildman–Crippen MR) is 146 cm³/mol. The first kappa shape index (κ1) is 28.8. The Morgan fingerprint density at radius 3 is 2.24 bits per heavy atom. The molecular formula is C30H38N2O6. The van der Waals surface area contributed by atoms with Crippen molar-refractivity contribution in [3.05, 3.63) is 83.3 Å². The highest BCUT2D eigenvalue weighted by molar-refractivity contribution is 5.96. The van der Waals surface area contributed by atoms with Gasteiger partial charge in [-0.25, -0.2) is 0 Å². The number of hydrogen-bond acceptors (Lipinski definition) is 6. The van der Waals surface area contributed by atoms with Crippen LogP contribution in [0.3, 0.4) is 0 Å². The van der Waals surface area contributed by atoms with Crippen molar-refractivity contribution in [2.24, 2.45) is 0 Å². The monoisotopic (exact) mass is 522 g/mol. The van der Waals surface area contributed by atoms with E-state index in [1.807, 2.05) is 48.5 Å². The molecule has 0 radical (unpaired) electrons. The van der Waals surface area contributed by atoms with E-state index >= 15 is 0 Å². The first-order valence-corrected chi connectivity index (χ1v) is 12.9. The van der Waals surface area contributed by atoms with Crippen molar-refractivity contribution in [3.63, 3.8) is 0 Å². The molecule has 3 rings (SSSR count). The zero-order chi connectivity index (χ0) is 27.3. The lowest BCUT2D eigenvalue weighted by Crippen LogP contribution is -2.44. The highest BCUT2D eigenvalue weighted by Gasteiger charge is 2.23. The molecule has 1 aromatic heterocycles. The molecule has 3 aromatic rings. The minimum atomic E-state index is -0.171. The lowest BCUT2D eigenvalue weighted by molar-refractivity contribution is -0.132. The molecule has 0 saturated carbocycles. The van der Waals surface area contributed by atoms with Gasteiger partial charge in [0.15, 0.2) is 11.5 Å². The summed E-state index contributed by atoms with van der Waals surface area (Å²) in [5.41, 5.74) is 2.72. The van der Waals surface area contributed by atoms with Crippen molar-refractivity contribution in [1.29, 1.82) is 0 Å². The highest BCUT2D eigenvalue weighted by Crippen LogP contribution is 2.27. The third kappa shape index (κ3) is 8.11. The maximum Gasteiger partial charge on any atom is 0.254 e. The lowest BCUT2D eigenvalue weighted by atomic mass is 10.1. The van der Waals surface area contributed by atoms with E-state index in [9.17, 15) is 9.59 Å². The van der Waals surface area contributed by atoms with Crippen LogP contribution in [-0.2, 0) is 28.9 Å². The van der Waals surface area contributed by atoms with Gasteiger partial charge in [0.05, 0.1) is 27.0 Å². The number of aryl methyl sites for hydroxylation is 1. The van der Waals surface area contributed by atoms with E-state index in [-0.39, 0.29) is 18.4 Å². The van der Waals surface area contributed by atoms with Gasteiger partial charge in [0.1, 0.15) is 12.3 Å². The van der Waals surface area contributed by atoms with Gasteiger partial charge in [0, 0.05) is 32.4 Å². The molecule has 0 N–H and O–H groups in total. The van der Waals surface area contributed by atoms with Gasteiger partial charge in [-0.3, -0.25) is 9.59 Å². The number of hydrogen-bond donors (Lipinski definition) is 0. The lowest BCUT2D eigenvalue weighted by Gasteiger charge is -2.27. The molecule has 2 amide bonds. The van der Waals surface area contributed by atoms with Crippen molar-refractivity contribution >= 4 is 11.8 Å². The molecule has 0 aliphatic heterocycles. The topological polar surface area (TPSA) is 81.5 Å². The van der Waals surface area contributed by atoms with Gasteiger partial charge in [-0.15, -0.1) is 0 Å². The average molecular weight is 523 g/mol. The molecule has 8 heteroatoms. The summed E-state index contributed by atoms with van der Waals surface area (Å²) in [5, 5.41) is 0. The second-order valence-electron chi connectivity index (χ2n) is 8.96. The number of methoxy groups -OCH3 is 3. The van der Waals surface area contributed by atoms with E-state index < -0.39 is 0 Å². The third-order valence-electron chi connectivity index (χ3n) is 6.40. The van der Waals surface area contributed by atoms with Crippen LogP contribution in [0, 0.1) is 0 Å². The minimum Gasteiger partial charge on any atom is -0.493 e. The molecule has 0 saturated heterocycles. The summed E-state index contributed by atoms with van der Waals surface area (Å²) in [4.78, 5) is 30.3. The molecule has 0 atom stereocenters. The number of carbonyl (C=O) groups excluding carboxylic acids is 2. The number of rotatable bonds is 15. The molecule has 0 aliphatic rings. The number of carbonyl (C=O) groups is 2. The standard InChI is InChI=1S/C30H38N2O6/c1-5-23-9-12-25(13-10-23)30(34)32(16-7-18-35-2)22-29(33)31(21-26-8-6-19-38-26)17-15-24-11-14-27(36-3)28(20-24)37-4/h6,8-14,19-20H,5,7,15-18,21-22H2,1-4H3. The van der Waals surface area contributed by atoms with Crippen molar-refractivity contribution in [2.45, 2.75) is 32.7 Å². The zero-order valence-corrected chi connectivity index (χ0v) is 22.8. The summed E-state index contributed by atoms with van der Waals surface area (Å²) in [6.07, 6.45) is 3.72. The molecule has 0 bridgehead atoms. The molecule has 1 heterocycles. The Morgan fingerprint density at radius 2 is 1.61 bits per heavy atom. The number of benzene rings is 2. The zero-order valence-electron chi connectivity index (χ0n) is 22.8. The quantitative estimate of drug-likeness (QED) is 0.271. The Hall–Kier alpha value is -3.78. The number of nitrogens with zero attached hydrogens (tertiary/aromatic N) is 2. The van der Waals surface area contributed by atoms with E-state index in [0.717, 1.165) is 17.5 Å². The molecule has 0 spiro atoms. The minimum absolute atomic E-state index is 0.0370. The Kier molecular flexibility index (Phi) is 11.2. The van der Waals surface area contributed by atoms with Crippen LogP contribution in [0.1, 0.15) is 40.6 Å². The Balaban J connectivity index is 1.77. The fourth-order valence-electron chi connectivity index (χ4n) is 4.16. The summed E-state index contributed by atoms with van der Waals surface area (Å²) in [6, 6.07) is 16.9. The van der Waals surface area contributed by atoms with Gasteiger partial charge in [-0.2, -0.15) is 0 Å². The van der Waals surface area contributed by atoms with Gasteiger partial charge >= 0.3 is 0 Å². The van der Waals surface area contributed by atoms with E-state index in [1.165, 1.54) is 0 Å². The van der Waals surface area contributed by atoms with Crippen molar-refractivity contribution < 1.29 is 28.2 Å². The van der Waals surface area contributed by atoms with Gasteiger partial charge in [-0.1, -0.05) is 25.1 Å². The Labute approximate surface area is 225 Å². The molecule has 0 aliphatic carbocycles. The third-order valence-corrected chi connectivity index (χ3v) is 6.40. The molecule has 0 fully saturated rings. The predicted octanol–water partition coefficient (Wildman–Crippen LogP) is 4.61. The van der Waals surface area contributed by atoms with Crippen LogP contribution in [0.25, 0.3) is 0 Å². The molecule has 0 unspecified atom stereocenters. The summed E-state index contributed by atoms with van der Waals surface area (Å²) in [5.74, 6) is 1.64. The molecular weight excluding hydrogens is 484 g/mol. The maximum absolute atomic E-state index is 13.6. The summed E-state index contributed by atoms with van der Waals surface area (Å²) in [6.45, 7) is 3.71. The highest BCUT2D eigenvalue weighted by atomic mass is 16.5. The first-order chi connectivity index (χ1) is 18.5. The van der Waals surface area contributed by atoms with Crippen LogP contribution in [-0.4, -0.2) is 69.2 Å². The van der Waals surface area contributed by atoms with E-state index in [0.29, 0.717) is 61.9 Å². The van der Waals surface area contributed by atoms with E-state index in [2.05, 4.69) is 6.92 Å². The smallest absolute Gasteiger partial charge is 0.254 e. The molecule has 2 aromatic carbocycles. The fraction of sp³-hybridized carbons (Fsp3) is 0.400. The fourth-order valence-corrected chi connectivity index (χ4v) is 4.16. The van der Waals surface area contributed by atoms with Crippen LogP contribution in [0.2, 0.25) is 0 Å². The van der Waals surface area contributed by atoms with Gasteiger partial charge in [-0.05, 0) is 66.8 Å². The summed E-state index contributed by atoms with van der Waals surface area (Å²) >= 11 is 0. The van der Waals surface area contributed by atoms with Crippen molar-refractivity contribution in [1.82, 2.24) is 9.80 Å². The van der Waals surface area contributed by atoms with Crippen LogP contribution in [0.15, 0.2) is 65.3 Å². The SMILES string of the molecule is CCc1ccc(C(=O)N(CCCOC)CC(=O)N(CCc2ccc(OC)c(OC)c2)Cc2ccco2)cc1. The summed E-state index contributed by atoms with van der Waals surface area (Å²) in [7, 11) is 4.82. The normalized spacial score (nSPS) is 10.7. The van der Waals surface area contributed by atoms with Crippen LogP contribution >= 0.6 is 0 Å². The molecule has 8 nitrogen and oxygen atoms in total. The van der Waals surface area contributed by atoms with Gasteiger partial charge in [0.2, 0.25) is 5.91 Å². The van der Waals surface area contributed by atoms with Crippen LogP contribution in [0.4, 0.5) is 0 Å². The summed E-state index contributed by atoms with van der Waals surface area (Å²) < 4.78 is 21.5. The number of furan rings is 1. The van der Waals surface area contributed by atoms with E-state index in [4.69, 9.17) is 18.6 Å². The van der Waals surface area contributed by atoms with Crippen molar-refractivity contribution in [3.8, 4) is 11.5 Å². The Morgan fingerprint density at radius 1 is 0.868 bits per heavy atom. The largest absolute Gasteiger partial charge is 0.493 e. The Bertz CT molecular complexity index is 1140. The maximum atomic E-state index is 13.6. The molecule has 38 heavy (non-hydrogen) atoms. The first-order valence-electron chi connectivity index (χ1n) is 12.9. The second-order valence-corrected chi connectivity index (χ2v) is 8.96. The van der Waals surface area contributed by atoms with Crippen LogP contribution in [0.5, 0.6) is 11.5 Å². The van der Waals surface area contributed by atoms with Crippen LogP contribution < -0.4 is 9.47 Å². The van der Waals surface area contributed by atoms with Crippen molar-refractivity contribution in [2.75, 3.05) is 47.6 Å². The van der Waals surface area contributed by atoms with Gasteiger partial charge < -0.3 is 28.4 Å². The average Bonchev–Trinajstić information content (AvgIpc) is 3.47. The molecule has 204 valence electrons. The van der Waals surface area contributed by atoms with E-state index in [1.54, 1.807) is 43.5 Å². The second kappa shape index (κ2) is 14.8. The number of amides is 2. The van der Waals surface area contributed by atoms with Gasteiger partial charge in [0.25, 0.3) is 5.91 Å².